The van der Waals surface area contributed by atoms with Gasteiger partial charge in [0.15, 0.2) is 0 Å². The minimum atomic E-state index is 0.170. The minimum absolute atomic E-state index is 0.170. The fraction of sp³-hybridized carbons (Fsp3) is 0.353. The number of hydrogen-bond donors (Lipinski definition) is 0. The van der Waals surface area contributed by atoms with Gasteiger partial charge >= 0.3 is 0 Å². The van der Waals surface area contributed by atoms with E-state index in [1.807, 2.05) is 17.0 Å². The Balaban J connectivity index is 1.81. The number of alkyl halides is 1. The molecule has 1 amide bonds. The predicted octanol–water partition coefficient (Wildman–Crippen LogP) is 4.37. The molecule has 2 aliphatic rings. The van der Waals surface area contributed by atoms with E-state index in [9.17, 15) is 4.79 Å². The van der Waals surface area contributed by atoms with E-state index in [1.54, 1.807) is 0 Å². The van der Waals surface area contributed by atoms with E-state index >= 15 is 0 Å². The first-order chi connectivity index (χ1) is 9.74. The lowest BCUT2D eigenvalue weighted by Gasteiger charge is -2.43. The van der Waals surface area contributed by atoms with Crippen molar-refractivity contribution in [2.24, 2.45) is 5.41 Å². The van der Waals surface area contributed by atoms with Gasteiger partial charge in [-0.2, -0.15) is 0 Å². The second kappa shape index (κ2) is 4.32. The summed E-state index contributed by atoms with van der Waals surface area (Å²) in [6.45, 7) is 0.838. The molecule has 0 radical (unpaired) electrons. The van der Waals surface area contributed by atoms with Crippen molar-refractivity contribution in [3.05, 3.63) is 42.0 Å². The number of carbonyl (C=O) groups is 1. The van der Waals surface area contributed by atoms with Crippen LogP contribution in [0.4, 0.5) is 5.69 Å². The molecule has 0 saturated heterocycles. The number of amides is 1. The van der Waals surface area contributed by atoms with Crippen molar-refractivity contribution in [2.75, 3.05) is 16.8 Å². The Kier molecular flexibility index (Phi) is 2.68. The standard InChI is InChI=1S/C17H16BrNO/c18-10-17(8-3-9-17)11-19-14-7-2-5-12-4-1-6-13(15(12)14)16(19)20/h1-2,4-7H,3,8-11H2. The van der Waals surface area contributed by atoms with Gasteiger partial charge in [-0.05, 0) is 35.8 Å². The fourth-order valence-electron chi connectivity index (χ4n) is 3.48. The maximum absolute atomic E-state index is 12.7. The summed E-state index contributed by atoms with van der Waals surface area (Å²) in [5.74, 6) is 0.170. The third-order valence-corrected chi connectivity index (χ3v) is 6.03. The first kappa shape index (κ1) is 12.4. The van der Waals surface area contributed by atoms with E-state index in [1.165, 1.54) is 19.3 Å². The predicted molar refractivity (Wildman–Crippen MR) is 85.7 cm³/mol. The molecule has 1 aliphatic carbocycles. The zero-order valence-corrected chi connectivity index (χ0v) is 12.8. The highest BCUT2D eigenvalue weighted by Gasteiger charge is 2.41. The number of halogens is 1. The van der Waals surface area contributed by atoms with Crippen molar-refractivity contribution >= 4 is 38.3 Å². The SMILES string of the molecule is O=C1c2cccc3cccc(c23)N1CC1(CBr)CCC1. The number of benzene rings is 2. The molecule has 102 valence electrons. The van der Waals surface area contributed by atoms with Crippen LogP contribution in [0.25, 0.3) is 10.8 Å². The second-order valence-electron chi connectivity index (χ2n) is 6.06. The van der Waals surface area contributed by atoms with Crippen molar-refractivity contribution in [3.63, 3.8) is 0 Å². The Morgan fingerprint density at radius 2 is 1.90 bits per heavy atom. The van der Waals surface area contributed by atoms with E-state index in [-0.39, 0.29) is 11.3 Å². The highest BCUT2D eigenvalue weighted by atomic mass is 79.9. The molecule has 20 heavy (non-hydrogen) atoms. The van der Waals surface area contributed by atoms with Gasteiger partial charge in [0.05, 0.1) is 5.69 Å². The molecule has 0 atom stereocenters. The topological polar surface area (TPSA) is 20.3 Å². The molecule has 2 aromatic rings. The van der Waals surface area contributed by atoms with Crippen LogP contribution < -0.4 is 4.90 Å². The Morgan fingerprint density at radius 3 is 2.55 bits per heavy atom. The molecule has 1 fully saturated rings. The van der Waals surface area contributed by atoms with Crippen molar-refractivity contribution in [3.8, 4) is 0 Å². The summed E-state index contributed by atoms with van der Waals surface area (Å²) >= 11 is 3.64. The summed E-state index contributed by atoms with van der Waals surface area (Å²) in [5.41, 5.74) is 2.23. The molecule has 4 rings (SSSR count). The van der Waals surface area contributed by atoms with Gasteiger partial charge in [0.1, 0.15) is 0 Å². The van der Waals surface area contributed by atoms with E-state index in [0.29, 0.717) is 0 Å². The third kappa shape index (κ3) is 1.59. The molecule has 0 N–H and O–H groups in total. The Bertz CT molecular complexity index is 694. The molecule has 0 spiro atoms. The summed E-state index contributed by atoms with van der Waals surface area (Å²) in [7, 11) is 0. The van der Waals surface area contributed by atoms with Gasteiger partial charge in [-0.25, -0.2) is 0 Å². The molecule has 1 saturated carbocycles. The van der Waals surface area contributed by atoms with Gasteiger partial charge in [-0.15, -0.1) is 0 Å². The Morgan fingerprint density at radius 1 is 1.15 bits per heavy atom. The number of hydrogen-bond acceptors (Lipinski definition) is 1. The summed E-state index contributed by atoms with van der Waals surface area (Å²) in [6.07, 6.45) is 3.72. The Hall–Kier alpha value is -1.35. The van der Waals surface area contributed by atoms with Gasteiger partial charge in [0, 0.05) is 22.8 Å². The Labute approximate surface area is 126 Å². The van der Waals surface area contributed by atoms with Gasteiger partial charge in [-0.1, -0.05) is 46.6 Å². The van der Waals surface area contributed by atoms with Gasteiger partial charge in [0.2, 0.25) is 0 Å². The zero-order valence-electron chi connectivity index (χ0n) is 11.2. The first-order valence-corrected chi connectivity index (χ1v) is 8.26. The van der Waals surface area contributed by atoms with Crippen LogP contribution in [0.1, 0.15) is 29.6 Å². The lowest BCUT2D eigenvalue weighted by Crippen LogP contribution is -2.44. The number of rotatable bonds is 3. The van der Waals surface area contributed by atoms with Gasteiger partial charge < -0.3 is 4.90 Å². The zero-order chi connectivity index (χ0) is 13.7. The smallest absolute Gasteiger partial charge is 0.259 e. The quantitative estimate of drug-likeness (QED) is 0.766. The molecule has 0 unspecified atom stereocenters. The largest absolute Gasteiger partial charge is 0.307 e. The van der Waals surface area contributed by atoms with Crippen LogP contribution in [0.15, 0.2) is 36.4 Å². The van der Waals surface area contributed by atoms with Crippen LogP contribution in [0.2, 0.25) is 0 Å². The molecule has 1 heterocycles. The first-order valence-electron chi connectivity index (χ1n) is 7.14. The molecule has 0 bridgehead atoms. The third-order valence-electron chi connectivity index (χ3n) is 4.84. The van der Waals surface area contributed by atoms with Crippen LogP contribution in [0.5, 0.6) is 0 Å². The fourth-order valence-corrected chi connectivity index (χ4v) is 4.22. The van der Waals surface area contributed by atoms with E-state index in [0.717, 1.165) is 33.9 Å². The lowest BCUT2D eigenvalue weighted by atomic mass is 9.70. The molecule has 1 aliphatic heterocycles. The van der Waals surface area contributed by atoms with Crippen LogP contribution in [-0.4, -0.2) is 17.8 Å². The maximum atomic E-state index is 12.7. The molecule has 2 aromatic carbocycles. The van der Waals surface area contributed by atoms with Crippen LogP contribution in [0.3, 0.4) is 0 Å². The number of anilines is 1. The van der Waals surface area contributed by atoms with Gasteiger partial charge in [0.25, 0.3) is 5.91 Å². The lowest BCUT2D eigenvalue weighted by molar-refractivity contribution is 0.0958. The van der Waals surface area contributed by atoms with Crippen molar-refractivity contribution in [2.45, 2.75) is 19.3 Å². The van der Waals surface area contributed by atoms with Crippen molar-refractivity contribution < 1.29 is 4.79 Å². The minimum Gasteiger partial charge on any atom is -0.307 e. The number of carbonyl (C=O) groups excluding carboxylic acids is 1. The normalized spacial score (nSPS) is 19.4. The molecular weight excluding hydrogens is 314 g/mol. The van der Waals surface area contributed by atoms with Crippen LogP contribution >= 0.6 is 15.9 Å². The average molecular weight is 330 g/mol. The monoisotopic (exact) mass is 329 g/mol. The molecule has 0 aromatic heterocycles. The van der Waals surface area contributed by atoms with E-state index in [4.69, 9.17) is 0 Å². The summed E-state index contributed by atoms with van der Waals surface area (Å²) < 4.78 is 0. The van der Waals surface area contributed by atoms with Crippen molar-refractivity contribution in [1.82, 2.24) is 0 Å². The van der Waals surface area contributed by atoms with Crippen LogP contribution in [0, 0.1) is 5.41 Å². The van der Waals surface area contributed by atoms with E-state index in [2.05, 4.69) is 40.2 Å². The van der Waals surface area contributed by atoms with Gasteiger partial charge in [-0.3, -0.25) is 4.79 Å². The summed E-state index contributed by atoms with van der Waals surface area (Å²) in [6, 6.07) is 12.2. The van der Waals surface area contributed by atoms with Crippen LogP contribution in [-0.2, 0) is 0 Å². The molecule has 2 nitrogen and oxygen atoms in total. The highest BCUT2D eigenvalue weighted by molar-refractivity contribution is 9.09. The molecular formula is C17H16BrNO. The highest BCUT2D eigenvalue weighted by Crippen LogP contribution is 2.46. The number of nitrogens with zero attached hydrogens (tertiary/aromatic N) is 1. The van der Waals surface area contributed by atoms with E-state index < -0.39 is 0 Å². The van der Waals surface area contributed by atoms with Crippen molar-refractivity contribution in [1.29, 1.82) is 0 Å². The summed E-state index contributed by atoms with van der Waals surface area (Å²) in [4.78, 5) is 14.7. The molecule has 3 heteroatoms. The summed E-state index contributed by atoms with van der Waals surface area (Å²) in [5, 5.41) is 3.28. The second-order valence-corrected chi connectivity index (χ2v) is 6.62. The average Bonchev–Trinajstić information content (AvgIpc) is 2.70. The maximum Gasteiger partial charge on any atom is 0.259 e.